The van der Waals surface area contributed by atoms with Crippen LogP contribution in [0.1, 0.15) is 24.4 Å². The molecule has 2 amide bonds. The molecule has 0 bridgehead atoms. The van der Waals surface area contributed by atoms with Gasteiger partial charge in [0.1, 0.15) is 0 Å². The number of carbonyl (C=O) groups excluding carboxylic acids is 1. The summed E-state index contributed by atoms with van der Waals surface area (Å²) in [6, 6.07) is 10.5. The largest absolute Gasteiger partial charge is 0.395 e. The van der Waals surface area contributed by atoms with Gasteiger partial charge < -0.3 is 20.2 Å². The van der Waals surface area contributed by atoms with E-state index in [2.05, 4.69) is 22.3 Å². The summed E-state index contributed by atoms with van der Waals surface area (Å²) in [4.78, 5) is 16.1. The Balaban J connectivity index is 1.93. The summed E-state index contributed by atoms with van der Waals surface area (Å²) in [7, 11) is 4.02. The average Bonchev–Trinajstić information content (AvgIpc) is 3.30. The minimum Gasteiger partial charge on any atom is -0.395 e. The lowest BCUT2D eigenvalue weighted by atomic mass is 10.1. The first-order chi connectivity index (χ1) is 10.1. The van der Waals surface area contributed by atoms with Crippen molar-refractivity contribution < 1.29 is 9.90 Å². The summed E-state index contributed by atoms with van der Waals surface area (Å²) in [5, 5.41) is 12.1. The Kier molecular flexibility index (Phi) is 5.59. The number of urea groups is 1. The lowest BCUT2D eigenvalue weighted by Gasteiger charge is -2.27. The van der Waals surface area contributed by atoms with Crippen molar-refractivity contribution in [3.8, 4) is 0 Å². The van der Waals surface area contributed by atoms with Gasteiger partial charge in [-0.25, -0.2) is 4.79 Å². The van der Waals surface area contributed by atoms with Crippen LogP contribution >= 0.6 is 0 Å². The summed E-state index contributed by atoms with van der Waals surface area (Å²) >= 11 is 0. The number of nitrogens with one attached hydrogen (secondary N) is 1. The molecule has 1 aliphatic rings. The van der Waals surface area contributed by atoms with Gasteiger partial charge in [0.25, 0.3) is 0 Å². The van der Waals surface area contributed by atoms with Crippen molar-refractivity contribution in [2.45, 2.75) is 24.9 Å². The molecule has 5 nitrogen and oxygen atoms in total. The quantitative estimate of drug-likeness (QED) is 0.799. The van der Waals surface area contributed by atoms with Crippen molar-refractivity contribution in [1.82, 2.24) is 15.1 Å². The third-order valence-corrected chi connectivity index (χ3v) is 3.84. The van der Waals surface area contributed by atoms with Gasteiger partial charge in [0.2, 0.25) is 0 Å². The van der Waals surface area contributed by atoms with E-state index in [1.54, 1.807) is 4.90 Å². The van der Waals surface area contributed by atoms with Gasteiger partial charge in [-0.3, -0.25) is 0 Å². The van der Waals surface area contributed by atoms with Gasteiger partial charge in [-0.15, -0.1) is 0 Å². The summed E-state index contributed by atoms with van der Waals surface area (Å²) < 4.78 is 0. The number of benzene rings is 1. The van der Waals surface area contributed by atoms with E-state index in [-0.39, 0.29) is 18.7 Å². The maximum atomic E-state index is 12.3. The Morgan fingerprint density at radius 1 is 1.33 bits per heavy atom. The van der Waals surface area contributed by atoms with Crippen LogP contribution in [0.4, 0.5) is 4.79 Å². The van der Waals surface area contributed by atoms with E-state index in [9.17, 15) is 4.79 Å². The zero-order valence-electron chi connectivity index (χ0n) is 12.8. The molecule has 1 atom stereocenters. The van der Waals surface area contributed by atoms with Crippen LogP contribution in [-0.4, -0.2) is 60.8 Å². The Hall–Kier alpha value is -1.59. The number of carbonyl (C=O) groups is 1. The average molecular weight is 291 g/mol. The zero-order chi connectivity index (χ0) is 15.2. The predicted octanol–water partition coefficient (Wildman–Crippen LogP) is 1.46. The van der Waals surface area contributed by atoms with E-state index in [0.29, 0.717) is 19.1 Å². The van der Waals surface area contributed by atoms with E-state index < -0.39 is 0 Å². The van der Waals surface area contributed by atoms with E-state index in [0.717, 1.165) is 12.8 Å². The number of hydrogen-bond acceptors (Lipinski definition) is 3. The first kappa shape index (κ1) is 15.8. The van der Waals surface area contributed by atoms with Crippen LogP contribution in [-0.2, 0) is 0 Å². The van der Waals surface area contributed by atoms with Crippen molar-refractivity contribution in [2.75, 3.05) is 33.8 Å². The Labute approximate surface area is 126 Å². The molecular formula is C16H25N3O2. The Morgan fingerprint density at radius 3 is 2.52 bits per heavy atom. The third-order valence-electron chi connectivity index (χ3n) is 3.84. The van der Waals surface area contributed by atoms with E-state index >= 15 is 0 Å². The summed E-state index contributed by atoms with van der Waals surface area (Å²) in [5.74, 6) is 0. The number of likely N-dealkylation sites (N-methyl/N-ethyl adjacent to an activating group) is 1. The number of hydrogen-bond donors (Lipinski definition) is 2. The van der Waals surface area contributed by atoms with Gasteiger partial charge in [0, 0.05) is 19.1 Å². The van der Waals surface area contributed by atoms with Crippen molar-refractivity contribution in [1.29, 1.82) is 0 Å². The lowest BCUT2D eigenvalue weighted by Crippen LogP contribution is -2.45. The summed E-state index contributed by atoms with van der Waals surface area (Å²) in [6.07, 6.45) is 2.09. The molecular weight excluding hydrogens is 266 g/mol. The molecule has 1 saturated carbocycles. The molecule has 1 aliphatic carbocycles. The van der Waals surface area contributed by atoms with E-state index in [1.807, 2.05) is 32.3 Å². The second kappa shape index (κ2) is 7.43. The minimum absolute atomic E-state index is 0.0136. The first-order valence-corrected chi connectivity index (χ1v) is 7.50. The van der Waals surface area contributed by atoms with E-state index in [4.69, 9.17) is 5.11 Å². The van der Waals surface area contributed by atoms with Gasteiger partial charge in [-0.05, 0) is 32.5 Å². The molecule has 5 heteroatoms. The maximum absolute atomic E-state index is 12.3. The topological polar surface area (TPSA) is 55.8 Å². The van der Waals surface area contributed by atoms with Crippen LogP contribution in [0.2, 0.25) is 0 Å². The fourth-order valence-corrected chi connectivity index (χ4v) is 2.50. The third kappa shape index (κ3) is 4.44. The number of rotatable bonds is 7. The summed E-state index contributed by atoms with van der Waals surface area (Å²) in [5.41, 5.74) is 1.18. The van der Waals surface area contributed by atoms with Crippen molar-refractivity contribution in [2.24, 2.45) is 0 Å². The van der Waals surface area contributed by atoms with Crippen LogP contribution < -0.4 is 5.32 Å². The molecule has 0 saturated heterocycles. The fourth-order valence-electron chi connectivity index (χ4n) is 2.50. The second-order valence-corrected chi connectivity index (χ2v) is 5.72. The molecule has 2 N–H and O–H groups in total. The van der Waals surface area contributed by atoms with Crippen molar-refractivity contribution in [3.63, 3.8) is 0 Å². The smallest absolute Gasteiger partial charge is 0.317 e. The maximum Gasteiger partial charge on any atom is 0.317 e. The molecule has 21 heavy (non-hydrogen) atoms. The summed E-state index contributed by atoms with van der Waals surface area (Å²) in [6.45, 7) is 0.985. The second-order valence-electron chi connectivity index (χ2n) is 5.72. The molecule has 0 spiro atoms. The highest BCUT2D eigenvalue weighted by Crippen LogP contribution is 2.26. The highest BCUT2D eigenvalue weighted by Gasteiger charge is 2.32. The zero-order valence-corrected chi connectivity index (χ0v) is 12.8. The lowest BCUT2D eigenvalue weighted by molar-refractivity contribution is 0.170. The first-order valence-electron chi connectivity index (χ1n) is 7.50. The van der Waals surface area contributed by atoms with E-state index in [1.165, 1.54) is 5.56 Å². The Morgan fingerprint density at radius 2 is 2.00 bits per heavy atom. The Bertz CT molecular complexity index is 446. The van der Waals surface area contributed by atoms with Crippen LogP contribution in [0.15, 0.2) is 30.3 Å². The van der Waals surface area contributed by atoms with Crippen molar-refractivity contribution in [3.05, 3.63) is 35.9 Å². The molecule has 1 aromatic rings. The molecule has 1 fully saturated rings. The molecule has 0 heterocycles. The minimum atomic E-state index is -0.0747. The van der Waals surface area contributed by atoms with Gasteiger partial charge in [-0.2, -0.15) is 0 Å². The number of nitrogens with zero attached hydrogens (tertiary/aromatic N) is 2. The standard InChI is InChI=1S/C16H25N3O2/c1-18(2)15(13-6-4-3-5-7-13)12-17-16(21)19(10-11-20)14-8-9-14/h3-7,14-15,20H,8-12H2,1-2H3,(H,17,21). The molecule has 116 valence electrons. The van der Waals surface area contributed by atoms with Crippen molar-refractivity contribution >= 4 is 6.03 Å². The predicted molar refractivity (Wildman–Crippen MR) is 83.1 cm³/mol. The number of amides is 2. The molecule has 0 aliphatic heterocycles. The van der Waals surface area contributed by atoms with Crippen LogP contribution in [0.25, 0.3) is 0 Å². The molecule has 0 radical (unpaired) electrons. The number of aliphatic hydroxyl groups excluding tert-OH is 1. The van der Waals surface area contributed by atoms with Crippen LogP contribution in [0, 0.1) is 0 Å². The van der Waals surface area contributed by atoms with Gasteiger partial charge in [0.05, 0.1) is 12.6 Å². The van der Waals surface area contributed by atoms with Gasteiger partial charge in [0.15, 0.2) is 0 Å². The molecule has 1 aromatic carbocycles. The monoisotopic (exact) mass is 291 g/mol. The number of aliphatic hydroxyl groups is 1. The fraction of sp³-hybridized carbons (Fsp3) is 0.562. The highest BCUT2D eigenvalue weighted by atomic mass is 16.3. The normalized spacial score (nSPS) is 15.8. The molecule has 1 unspecified atom stereocenters. The highest BCUT2D eigenvalue weighted by molar-refractivity contribution is 5.75. The molecule has 2 rings (SSSR count). The van der Waals surface area contributed by atoms with Crippen LogP contribution in [0.3, 0.4) is 0 Å². The van der Waals surface area contributed by atoms with Gasteiger partial charge >= 0.3 is 6.03 Å². The van der Waals surface area contributed by atoms with Gasteiger partial charge in [-0.1, -0.05) is 30.3 Å². The molecule has 0 aromatic heterocycles. The SMILES string of the molecule is CN(C)C(CNC(=O)N(CCO)C1CC1)c1ccccc1. The van der Waals surface area contributed by atoms with Crippen LogP contribution in [0.5, 0.6) is 0 Å².